The van der Waals surface area contributed by atoms with E-state index in [1.807, 2.05) is 0 Å². The van der Waals surface area contributed by atoms with Gasteiger partial charge in [0, 0.05) is 12.4 Å². The van der Waals surface area contributed by atoms with Crippen molar-refractivity contribution >= 4 is 5.69 Å². The fraction of sp³-hybridized carbons (Fsp3) is 0.167. The molecule has 0 radical (unpaired) electrons. The highest BCUT2D eigenvalue weighted by molar-refractivity contribution is 5.56. The Kier molecular flexibility index (Phi) is 3.28. The molecule has 1 aromatic carbocycles. The molecule has 0 aliphatic rings. The van der Waals surface area contributed by atoms with E-state index in [1.54, 1.807) is 6.92 Å². The smallest absolute Gasteiger partial charge is 0.416 e. The molecule has 0 fully saturated rings. The number of ether oxygens (including phenoxy) is 1. The van der Waals surface area contributed by atoms with Crippen molar-refractivity contribution < 1.29 is 17.9 Å². The lowest BCUT2D eigenvalue weighted by Gasteiger charge is -2.11. The predicted octanol–water partition coefficient (Wildman–Crippen LogP) is 3.18. The maximum atomic E-state index is 12.5. The van der Waals surface area contributed by atoms with E-state index in [-0.39, 0.29) is 17.3 Å². The molecule has 0 bridgehead atoms. The van der Waals surface area contributed by atoms with Crippen LogP contribution in [-0.4, -0.2) is 9.97 Å². The second-order valence-electron chi connectivity index (χ2n) is 3.80. The number of nitrogens with two attached hydrogens (primary N) is 1. The Morgan fingerprint density at radius 2 is 1.84 bits per heavy atom. The monoisotopic (exact) mass is 269 g/mol. The highest BCUT2D eigenvalue weighted by Crippen LogP contribution is 2.35. The molecule has 2 aromatic rings. The lowest BCUT2D eigenvalue weighted by atomic mass is 10.2. The third-order valence-electron chi connectivity index (χ3n) is 2.38. The summed E-state index contributed by atoms with van der Waals surface area (Å²) in [5, 5.41) is 0. The number of aryl methyl sites for hydroxylation is 1. The summed E-state index contributed by atoms with van der Waals surface area (Å²) < 4.78 is 42.8. The Morgan fingerprint density at radius 3 is 2.42 bits per heavy atom. The Morgan fingerprint density at radius 1 is 1.16 bits per heavy atom. The number of nitrogen functional groups attached to an aromatic ring is 1. The van der Waals surface area contributed by atoms with Crippen LogP contribution in [0.15, 0.2) is 30.6 Å². The summed E-state index contributed by atoms with van der Waals surface area (Å²) in [6.07, 6.45) is -1.53. The van der Waals surface area contributed by atoms with Gasteiger partial charge in [0.1, 0.15) is 0 Å². The van der Waals surface area contributed by atoms with E-state index in [1.165, 1.54) is 12.4 Å². The van der Waals surface area contributed by atoms with Gasteiger partial charge in [-0.05, 0) is 25.1 Å². The van der Waals surface area contributed by atoms with Crippen molar-refractivity contribution in [2.45, 2.75) is 13.1 Å². The second kappa shape index (κ2) is 4.75. The number of nitrogens with zero attached hydrogens (tertiary/aromatic N) is 2. The highest BCUT2D eigenvalue weighted by atomic mass is 19.4. The van der Waals surface area contributed by atoms with Gasteiger partial charge in [-0.2, -0.15) is 13.2 Å². The van der Waals surface area contributed by atoms with Gasteiger partial charge in [0.25, 0.3) is 0 Å². The molecule has 19 heavy (non-hydrogen) atoms. The average Bonchev–Trinajstić information content (AvgIpc) is 2.33. The van der Waals surface area contributed by atoms with E-state index < -0.39 is 11.7 Å². The fourth-order valence-electron chi connectivity index (χ4n) is 1.42. The third-order valence-corrected chi connectivity index (χ3v) is 2.38. The van der Waals surface area contributed by atoms with Crippen molar-refractivity contribution in [2.75, 3.05) is 5.73 Å². The zero-order valence-corrected chi connectivity index (χ0v) is 9.90. The number of benzene rings is 1. The highest BCUT2D eigenvalue weighted by Gasteiger charge is 2.31. The van der Waals surface area contributed by atoms with Gasteiger partial charge in [0.15, 0.2) is 5.75 Å². The first-order valence-electron chi connectivity index (χ1n) is 5.30. The van der Waals surface area contributed by atoms with Crippen LogP contribution < -0.4 is 10.5 Å². The summed E-state index contributed by atoms with van der Waals surface area (Å²) in [6, 6.07) is 2.88. The molecule has 2 rings (SSSR count). The first-order chi connectivity index (χ1) is 8.88. The van der Waals surface area contributed by atoms with E-state index in [4.69, 9.17) is 10.5 Å². The van der Waals surface area contributed by atoms with Crippen molar-refractivity contribution in [2.24, 2.45) is 0 Å². The largest absolute Gasteiger partial charge is 0.435 e. The molecule has 100 valence electrons. The Balaban J connectivity index is 2.30. The number of aromatic nitrogens is 2. The zero-order valence-electron chi connectivity index (χ0n) is 9.90. The molecular weight excluding hydrogens is 259 g/mol. The molecule has 0 saturated heterocycles. The summed E-state index contributed by atoms with van der Waals surface area (Å²) >= 11 is 0. The molecular formula is C12H10F3N3O. The van der Waals surface area contributed by atoms with E-state index >= 15 is 0 Å². The van der Waals surface area contributed by atoms with Gasteiger partial charge in [0.05, 0.1) is 16.9 Å². The SMILES string of the molecule is Cc1nccnc1Oc1ccc(C(F)(F)F)cc1N. The summed E-state index contributed by atoms with van der Waals surface area (Å²) in [7, 11) is 0. The Hall–Kier alpha value is -2.31. The molecule has 0 spiro atoms. The van der Waals surface area contributed by atoms with Crippen LogP contribution in [0.4, 0.5) is 18.9 Å². The molecule has 0 amide bonds. The summed E-state index contributed by atoms with van der Waals surface area (Å²) in [5.41, 5.74) is 5.12. The number of anilines is 1. The lowest BCUT2D eigenvalue weighted by molar-refractivity contribution is -0.137. The average molecular weight is 269 g/mol. The minimum absolute atomic E-state index is 0.108. The quantitative estimate of drug-likeness (QED) is 0.850. The van der Waals surface area contributed by atoms with Gasteiger partial charge in [-0.25, -0.2) is 4.98 Å². The van der Waals surface area contributed by atoms with Crippen molar-refractivity contribution in [3.8, 4) is 11.6 Å². The molecule has 0 aliphatic heterocycles. The first-order valence-corrected chi connectivity index (χ1v) is 5.30. The number of hydrogen-bond acceptors (Lipinski definition) is 4. The molecule has 4 nitrogen and oxygen atoms in total. The van der Waals surface area contributed by atoms with Crippen LogP contribution in [0.2, 0.25) is 0 Å². The standard InChI is InChI=1S/C12H10F3N3O/c1-7-11(18-5-4-17-7)19-10-3-2-8(6-9(10)16)12(13,14)15/h2-6H,16H2,1H3. The van der Waals surface area contributed by atoms with E-state index in [9.17, 15) is 13.2 Å². The van der Waals surface area contributed by atoms with Crippen molar-refractivity contribution in [1.82, 2.24) is 9.97 Å². The topological polar surface area (TPSA) is 61.0 Å². The van der Waals surface area contributed by atoms with Gasteiger partial charge in [-0.3, -0.25) is 4.98 Å². The van der Waals surface area contributed by atoms with E-state index in [2.05, 4.69) is 9.97 Å². The maximum Gasteiger partial charge on any atom is 0.416 e. The number of hydrogen-bond donors (Lipinski definition) is 1. The summed E-state index contributed by atoms with van der Waals surface area (Å²) in [4.78, 5) is 7.88. The van der Waals surface area contributed by atoms with Gasteiger partial charge in [0.2, 0.25) is 5.88 Å². The van der Waals surface area contributed by atoms with Crippen LogP contribution >= 0.6 is 0 Å². The normalized spacial score (nSPS) is 11.4. The Bertz CT molecular complexity index is 599. The zero-order chi connectivity index (χ0) is 14.0. The van der Waals surface area contributed by atoms with Crippen molar-refractivity contribution in [1.29, 1.82) is 0 Å². The van der Waals surface area contributed by atoms with Gasteiger partial charge in [-0.1, -0.05) is 0 Å². The minimum Gasteiger partial charge on any atom is -0.435 e. The molecule has 2 N–H and O–H groups in total. The number of rotatable bonds is 2. The van der Waals surface area contributed by atoms with E-state index in [0.717, 1.165) is 18.2 Å². The van der Waals surface area contributed by atoms with Gasteiger partial charge >= 0.3 is 6.18 Å². The molecule has 0 aliphatic carbocycles. The molecule has 7 heteroatoms. The molecule has 0 unspecified atom stereocenters. The Labute approximate surface area is 107 Å². The summed E-state index contributed by atoms with van der Waals surface area (Å²) in [6.45, 7) is 1.67. The lowest BCUT2D eigenvalue weighted by Crippen LogP contribution is -2.06. The number of halogens is 3. The maximum absolute atomic E-state index is 12.5. The van der Waals surface area contributed by atoms with Crippen molar-refractivity contribution in [3.05, 3.63) is 41.9 Å². The molecule has 0 atom stereocenters. The molecule has 0 saturated carbocycles. The van der Waals surface area contributed by atoms with E-state index in [0.29, 0.717) is 5.69 Å². The predicted molar refractivity (Wildman–Crippen MR) is 62.7 cm³/mol. The van der Waals surface area contributed by atoms with Gasteiger partial charge < -0.3 is 10.5 Å². The fourth-order valence-corrected chi connectivity index (χ4v) is 1.42. The van der Waals surface area contributed by atoms with Crippen LogP contribution in [0.3, 0.4) is 0 Å². The van der Waals surface area contributed by atoms with Crippen LogP contribution in [0.25, 0.3) is 0 Å². The summed E-state index contributed by atoms with van der Waals surface area (Å²) in [5.74, 6) is 0.311. The molecule has 1 heterocycles. The minimum atomic E-state index is -4.44. The molecule has 1 aromatic heterocycles. The van der Waals surface area contributed by atoms with Crippen molar-refractivity contribution in [3.63, 3.8) is 0 Å². The van der Waals surface area contributed by atoms with Crippen LogP contribution in [0.1, 0.15) is 11.3 Å². The van der Waals surface area contributed by atoms with Crippen LogP contribution in [-0.2, 0) is 6.18 Å². The third kappa shape index (κ3) is 2.93. The van der Waals surface area contributed by atoms with Crippen LogP contribution in [0, 0.1) is 6.92 Å². The number of alkyl halides is 3. The van der Waals surface area contributed by atoms with Crippen LogP contribution in [0.5, 0.6) is 11.6 Å². The second-order valence-corrected chi connectivity index (χ2v) is 3.80. The van der Waals surface area contributed by atoms with Gasteiger partial charge in [-0.15, -0.1) is 0 Å². The first kappa shape index (κ1) is 13.1.